The van der Waals surface area contributed by atoms with E-state index in [1.807, 2.05) is 13.0 Å². The molecule has 8 heteroatoms. The van der Waals surface area contributed by atoms with Gasteiger partial charge in [0.1, 0.15) is 0 Å². The molecule has 1 unspecified atom stereocenters. The minimum Gasteiger partial charge on any atom is -0.378 e. The van der Waals surface area contributed by atoms with Crippen molar-refractivity contribution in [1.29, 1.82) is 0 Å². The van der Waals surface area contributed by atoms with Crippen LogP contribution in [0.4, 0.5) is 13.2 Å². The second-order valence-electron chi connectivity index (χ2n) is 5.79. The maximum atomic E-state index is 12.8. The molecule has 1 aliphatic heterocycles. The number of halogens is 3. The topological polar surface area (TPSA) is 58.4 Å². The molecule has 1 N–H and O–H groups in total. The largest absolute Gasteiger partial charge is 0.416 e. The molecule has 0 saturated heterocycles. The predicted molar refractivity (Wildman–Crippen MR) is 78.8 cm³/mol. The van der Waals surface area contributed by atoms with Gasteiger partial charge in [-0.1, -0.05) is 12.1 Å². The molecule has 1 aliphatic rings. The van der Waals surface area contributed by atoms with E-state index in [0.717, 1.165) is 23.5 Å². The Bertz CT molecular complexity index is 770. The van der Waals surface area contributed by atoms with Crippen LogP contribution in [0.1, 0.15) is 28.6 Å². The number of amides is 1. The third-order valence-electron chi connectivity index (χ3n) is 4.00. The molecule has 0 saturated carbocycles. The smallest absolute Gasteiger partial charge is 0.378 e. The fourth-order valence-corrected chi connectivity index (χ4v) is 2.80. The summed E-state index contributed by atoms with van der Waals surface area (Å²) in [5.41, 5.74) is 0.713. The Balaban J connectivity index is 1.78. The number of carbonyl (C=O) groups is 1. The predicted octanol–water partition coefficient (Wildman–Crippen LogP) is 2.29. The lowest BCUT2D eigenvalue weighted by molar-refractivity contribution is -0.143. The highest BCUT2D eigenvalue weighted by atomic mass is 19.4. The highest BCUT2D eigenvalue weighted by Gasteiger charge is 2.33. The Labute approximate surface area is 136 Å². The van der Waals surface area contributed by atoms with Crippen LogP contribution in [0.3, 0.4) is 0 Å². The summed E-state index contributed by atoms with van der Waals surface area (Å²) in [6.45, 7) is 2.96. The van der Waals surface area contributed by atoms with Gasteiger partial charge < -0.3 is 10.0 Å². The van der Waals surface area contributed by atoms with Crippen molar-refractivity contribution in [3.8, 4) is 0 Å². The van der Waals surface area contributed by atoms with Gasteiger partial charge in [-0.3, -0.25) is 9.48 Å². The van der Waals surface area contributed by atoms with E-state index in [2.05, 4.69) is 5.10 Å². The summed E-state index contributed by atoms with van der Waals surface area (Å²) in [6.07, 6.45) is -6.14. The van der Waals surface area contributed by atoms with Crippen LogP contribution >= 0.6 is 0 Å². The maximum Gasteiger partial charge on any atom is 0.416 e. The first-order valence-corrected chi connectivity index (χ1v) is 7.43. The molecule has 5 nitrogen and oxygen atoms in total. The van der Waals surface area contributed by atoms with Crippen molar-refractivity contribution in [2.45, 2.75) is 32.3 Å². The average molecular weight is 339 g/mol. The molecular formula is C16H16F3N3O2. The zero-order chi connectivity index (χ0) is 17.5. The van der Waals surface area contributed by atoms with Gasteiger partial charge in [0.15, 0.2) is 6.10 Å². The minimum absolute atomic E-state index is 0.0647. The lowest BCUT2D eigenvalue weighted by Crippen LogP contribution is -2.41. The Hall–Kier alpha value is -2.35. The van der Waals surface area contributed by atoms with Crippen molar-refractivity contribution >= 4 is 5.91 Å². The number of hydrogen-bond acceptors (Lipinski definition) is 3. The summed E-state index contributed by atoms with van der Waals surface area (Å²) >= 11 is 0. The molecule has 0 aliphatic carbocycles. The summed E-state index contributed by atoms with van der Waals surface area (Å²) < 4.78 is 40.1. The van der Waals surface area contributed by atoms with E-state index >= 15 is 0 Å². The normalized spacial score (nSPS) is 16.0. The van der Waals surface area contributed by atoms with Gasteiger partial charge in [-0.2, -0.15) is 18.3 Å². The molecule has 1 aromatic carbocycles. The van der Waals surface area contributed by atoms with Crippen LogP contribution in [-0.2, 0) is 24.1 Å². The molecule has 2 aromatic rings. The minimum atomic E-state index is -4.52. The molecule has 0 spiro atoms. The highest BCUT2D eigenvalue weighted by Crippen LogP contribution is 2.31. The number of aliphatic hydroxyl groups is 1. The second kappa shape index (κ2) is 5.94. The van der Waals surface area contributed by atoms with E-state index in [-0.39, 0.29) is 12.1 Å². The lowest BCUT2D eigenvalue weighted by Gasteiger charge is -2.29. The quantitative estimate of drug-likeness (QED) is 0.913. The Morgan fingerprint density at radius 3 is 2.75 bits per heavy atom. The molecule has 1 aromatic heterocycles. The molecule has 0 radical (unpaired) electrons. The van der Waals surface area contributed by atoms with Gasteiger partial charge in [-0.25, -0.2) is 0 Å². The summed E-state index contributed by atoms with van der Waals surface area (Å²) in [5.74, 6) is -0.612. The van der Waals surface area contributed by atoms with E-state index < -0.39 is 23.8 Å². The number of aromatic nitrogens is 2. The van der Waals surface area contributed by atoms with Crippen LogP contribution in [0, 0.1) is 6.92 Å². The van der Waals surface area contributed by atoms with Crippen LogP contribution < -0.4 is 0 Å². The zero-order valence-corrected chi connectivity index (χ0v) is 12.9. The van der Waals surface area contributed by atoms with Crippen LogP contribution in [0.2, 0.25) is 0 Å². The molecule has 128 valence electrons. The van der Waals surface area contributed by atoms with Gasteiger partial charge in [0, 0.05) is 6.54 Å². The third kappa shape index (κ3) is 3.14. The SMILES string of the molecule is Cc1cc2n(n1)CCN(C(=O)C(O)c1cccc(C(F)(F)F)c1)C2. The molecule has 24 heavy (non-hydrogen) atoms. The van der Waals surface area contributed by atoms with E-state index in [9.17, 15) is 23.1 Å². The number of fused-ring (bicyclic) bond motifs is 1. The van der Waals surface area contributed by atoms with Crippen molar-refractivity contribution in [2.24, 2.45) is 0 Å². The van der Waals surface area contributed by atoms with Crippen LogP contribution in [0.5, 0.6) is 0 Å². The molecule has 2 heterocycles. The Kier molecular flexibility index (Phi) is 4.08. The monoisotopic (exact) mass is 339 g/mol. The number of hydrogen-bond donors (Lipinski definition) is 1. The van der Waals surface area contributed by atoms with E-state index in [1.165, 1.54) is 17.0 Å². The van der Waals surface area contributed by atoms with Gasteiger partial charge in [-0.15, -0.1) is 0 Å². The zero-order valence-electron chi connectivity index (χ0n) is 12.9. The first kappa shape index (κ1) is 16.5. The standard InChI is InChI=1S/C16H16F3N3O2/c1-10-7-13-9-21(5-6-22(13)20-10)15(24)14(23)11-3-2-4-12(8-11)16(17,18)19/h2-4,7-8,14,23H,5-6,9H2,1H3. The summed E-state index contributed by atoms with van der Waals surface area (Å²) in [7, 11) is 0. The van der Waals surface area contributed by atoms with Gasteiger partial charge in [0.2, 0.25) is 0 Å². The number of nitrogens with zero attached hydrogens (tertiary/aromatic N) is 3. The van der Waals surface area contributed by atoms with Crippen molar-refractivity contribution in [2.75, 3.05) is 6.54 Å². The Morgan fingerprint density at radius 1 is 1.29 bits per heavy atom. The van der Waals surface area contributed by atoms with Gasteiger partial charge in [-0.05, 0) is 30.7 Å². The lowest BCUT2D eigenvalue weighted by atomic mass is 10.0. The number of carbonyl (C=O) groups excluding carboxylic acids is 1. The molecular weight excluding hydrogens is 323 g/mol. The molecule has 0 bridgehead atoms. The number of benzene rings is 1. The fraction of sp³-hybridized carbons (Fsp3) is 0.375. The summed E-state index contributed by atoms with van der Waals surface area (Å²) in [6, 6.07) is 6.05. The van der Waals surface area contributed by atoms with Crippen LogP contribution in [0.15, 0.2) is 30.3 Å². The average Bonchev–Trinajstić information content (AvgIpc) is 2.91. The summed E-state index contributed by atoms with van der Waals surface area (Å²) in [5, 5.41) is 14.5. The number of alkyl halides is 3. The number of aliphatic hydroxyl groups excluding tert-OH is 1. The van der Waals surface area contributed by atoms with E-state index in [0.29, 0.717) is 13.1 Å². The summed E-state index contributed by atoms with van der Waals surface area (Å²) in [4.78, 5) is 13.9. The van der Waals surface area contributed by atoms with Crippen molar-refractivity contribution in [3.63, 3.8) is 0 Å². The first-order valence-electron chi connectivity index (χ1n) is 7.43. The molecule has 0 fully saturated rings. The Morgan fingerprint density at radius 2 is 2.04 bits per heavy atom. The number of aryl methyl sites for hydroxylation is 1. The van der Waals surface area contributed by atoms with Crippen molar-refractivity contribution in [3.05, 3.63) is 52.8 Å². The first-order chi connectivity index (χ1) is 11.3. The third-order valence-corrected chi connectivity index (χ3v) is 4.00. The van der Waals surface area contributed by atoms with Gasteiger partial charge in [0.05, 0.1) is 30.0 Å². The molecule has 1 amide bonds. The number of rotatable bonds is 2. The van der Waals surface area contributed by atoms with E-state index in [1.54, 1.807) is 4.68 Å². The van der Waals surface area contributed by atoms with Crippen molar-refractivity contribution < 1.29 is 23.1 Å². The molecule has 3 rings (SSSR count). The fourth-order valence-electron chi connectivity index (χ4n) is 2.80. The van der Waals surface area contributed by atoms with Gasteiger partial charge >= 0.3 is 6.18 Å². The second-order valence-corrected chi connectivity index (χ2v) is 5.79. The molecule has 1 atom stereocenters. The maximum absolute atomic E-state index is 12.8. The van der Waals surface area contributed by atoms with E-state index in [4.69, 9.17) is 0 Å². The van der Waals surface area contributed by atoms with Crippen LogP contribution in [0.25, 0.3) is 0 Å². The van der Waals surface area contributed by atoms with Gasteiger partial charge in [0.25, 0.3) is 5.91 Å². The van der Waals surface area contributed by atoms with Crippen molar-refractivity contribution in [1.82, 2.24) is 14.7 Å². The highest BCUT2D eigenvalue weighted by molar-refractivity contribution is 5.82. The van der Waals surface area contributed by atoms with Crippen LogP contribution in [-0.4, -0.2) is 32.2 Å².